The molecule has 1 heterocycles. The van der Waals surface area contributed by atoms with Crippen molar-refractivity contribution in [2.75, 3.05) is 0 Å². The van der Waals surface area contributed by atoms with Crippen LogP contribution in [0.4, 0.5) is 0 Å². The SMILES string of the molecule is C=C(O)C1=C(O)NC(C(C)C)=CC1. The minimum Gasteiger partial charge on any atom is -0.508 e. The minimum atomic E-state index is -0.0796. The number of aliphatic hydroxyl groups is 2. The molecule has 1 aliphatic heterocycles. The van der Waals surface area contributed by atoms with Crippen molar-refractivity contribution in [3.63, 3.8) is 0 Å². The van der Waals surface area contributed by atoms with Crippen LogP contribution in [0.5, 0.6) is 0 Å². The molecule has 0 aromatic carbocycles. The molecule has 0 aromatic heterocycles. The highest BCUT2D eigenvalue weighted by atomic mass is 16.3. The second-order valence-electron chi connectivity index (χ2n) is 3.42. The van der Waals surface area contributed by atoms with Crippen molar-refractivity contribution >= 4 is 0 Å². The summed E-state index contributed by atoms with van der Waals surface area (Å²) in [6, 6.07) is 0. The average Bonchev–Trinajstić information content (AvgIpc) is 2.03. The largest absolute Gasteiger partial charge is 0.508 e. The first-order valence-electron chi connectivity index (χ1n) is 4.29. The Morgan fingerprint density at radius 1 is 1.62 bits per heavy atom. The quantitative estimate of drug-likeness (QED) is 0.573. The predicted molar refractivity (Wildman–Crippen MR) is 52.1 cm³/mol. The maximum Gasteiger partial charge on any atom is 0.195 e. The molecule has 0 radical (unpaired) electrons. The van der Waals surface area contributed by atoms with Gasteiger partial charge in [-0.3, -0.25) is 0 Å². The Balaban J connectivity index is 2.79. The van der Waals surface area contributed by atoms with Gasteiger partial charge in [0.15, 0.2) is 5.88 Å². The van der Waals surface area contributed by atoms with Crippen molar-refractivity contribution < 1.29 is 10.2 Å². The van der Waals surface area contributed by atoms with Gasteiger partial charge in [-0.05, 0) is 5.92 Å². The van der Waals surface area contributed by atoms with E-state index in [2.05, 4.69) is 11.9 Å². The number of dihydropyridines is 1. The van der Waals surface area contributed by atoms with Gasteiger partial charge in [0.2, 0.25) is 0 Å². The molecule has 3 nitrogen and oxygen atoms in total. The van der Waals surface area contributed by atoms with E-state index in [0.717, 1.165) is 5.70 Å². The summed E-state index contributed by atoms with van der Waals surface area (Å²) in [5, 5.41) is 21.4. The van der Waals surface area contributed by atoms with Gasteiger partial charge in [-0.25, -0.2) is 0 Å². The van der Waals surface area contributed by atoms with Crippen molar-refractivity contribution in [1.29, 1.82) is 0 Å². The lowest BCUT2D eigenvalue weighted by molar-refractivity contribution is 0.343. The highest BCUT2D eigenvalue weighted by Crippen LogP contribution is 2.22. The van der Waals surface area contributed by atoms with Gasteiger partial charge in [0.1, 0.15) is 5.76 Å². The maximum atomic E-state index is 9.47. The number of nitrogens with one attached hydrogen (secondary N) is 1. The second kappa shape index (κ2) is 3.56. The standard InChI is InChI=1S/C10H15NO2/c1-6(2)9-5-4-8(7(3)12)10(13)11-9/h5-6,11-13H,3-4H2,1-2H3. The summed E-state index contributed by atoms with van der Waals surface area (Å²) in [4.78, 5) is 0. The summed E-state index contributed by atoms with van der Waals surface area (Å²) in [6.45, 7) is 7.43. The highest BCUT2D eigenvalue weighted by molar-refractivity contribution is 5.33. The van der Waals surface area contributed by atoms with E-state index in [1.54, 1.807) is 0 Å². The number of allylic oxidation sites excluding steroid dienone is 3. The third-order valence-corrected chi connectivity index (χ3v) is 2.05. The molecule has 0 fully saturated rings. The summed E-state index contributed by atoms with van der Waals surface area (Å²) in [5.74, 6) is 0.276. The zero-order valence-corrected chi connectivity index (χ0v) is 7.96. The molecule has 72 valence electrons. The summed E-state index contributed by atoms with van der Waals surface area (Å²) in [6.07, 6.45) is 2.47. The molecule has 0 amide bonds. The molecule has 13 heavy (non-hydrogen) atoms. The third kappa shape index (κ3) is 2.05. The van der Waals surface area contributed by atoms with Crippen LogP contribution in [0.15, 0.2) is 35.6 Å². The molecule has 0 spiro atoms. The Bertz CT molecular complexity index is 287. The lowest BCUT2D eigenvalue weighted by Crippen LogP contribution is -2.22. The molecule has 3 N–H and O–H groups in total. The van der Waals surface area contributed by atoms with Gasteiger partial charge >= 0.3 is 0 Å². The van der Waals surface area contributed by atoms with Crippen molar-refractivity contribution in [1.82, 2.24) is 5.32 Å². The van der Waals surface area contributed by atoms with Crippen molar-refractivity contribution in [2.45, 2.75) is 20.3 Å². The van der Waals surface area contributed by atoms with Crippen LogP contribution < -0.4 is 5.32 Å². The molecular formula is C10H15NO2. The fourth-order valence-electron chi connectivity index (χ4n) is 1.21. The van der Waals surface area contributed by atoms with Crippen LogP contribution in [0.2, 0.25) is 0 Å². The molecule has 3 heteroatoms. The first-order valence-corrected chi connectivity index (χ1v) is 4.29. The number of hydrogen-bond acceptors (Lipinski definition) is 3. The Morgan fingerprint density at radius 2 is 2.23 bits per heavy atom. The van der Waals surface area contributed by atoms with Gasteiger partial charge in [0.25, 0.3) is 0 Å². The van der Waals surface area contributed by atoms with Crippen LogP contribution in [0, 0.1) is 5.92 Å². The van der Waals surface area contributed by atoms with Gasteiger partial charge < -0.3 is 15.5 Å². The van der Waals surface area contributed by atoms with Crippen LogP contribution in [0.3, 0.4) is 0 Å². The highest BCUT2D eigenvalue weighted by Gasteiger charge is 2.16. The lowest BCUT2D eigenvalue weighted by atomic mass is 10.0. The second-order valence-corrected chi connectivity index (χ2v) is 3.42. The molecule has 0 saturated heterocycles. The Labute approximate surface area is 78.1 Å². The van der Waals surface area contributed by atoms with Crippen molar-refractivity contribution in [2.24, 2.45) is 5.92 Å². The molecule has 0 aliphatic carbocycles. The first-order chi connectivity index (χ1) is 6.02. The van der Waals surface area contributed by atoms with Gasteiger partial charge in [0, 0.05) is 12.1 Å². The number of rotatable bonds is 2. The van der Waals surface area contributed by atoms with E-state index < -0.39 is 0 Å². The molecule has 1 rings (SSSR count). The van der Waals surface area contributed by atoms with Crippen molar-refractivity contribution in [3.05, 3.63) is 35.6 Å². The lowest BCUT2D eigenvalue weighted by Gasteiger charge is -2.20. The van der Waals surface area contributed by atoms with E-state index in [1.165, 1.54) is 0 Å². The van der Waals surface area contributed by atoms with E-state index in [9.17, 15) is 5.11 Å². The Hall–Kier alpha value is -1.38. The van der Waals surface area contributed by atoms with Crippen LogP contribution in [0.1, 0.15) is 20.3 Å². The fraction of sp³-hybridized carbons (Fsp3) is 0.400. The predicted octanol–water partition coefficient (Wildman–Crippen LogP) is 2.36. The number of hydrogen-bond donors (Lipinski definition) is 3. The normalized spacial score (nSPS) is 17.0. The average molecular weight is 181 g/mol. The molecule has 1 aliphatic rings. The molecule has 0 bridgehead atoms. The summed E-state index contributed by atoms with van der Waals surface area (Å²) >= 11 is 0. The van der Waals surface area contributed by atoms with Gasteiger partial charge in [-0.2, -0.15) is 0 Å². The molecule has 0 atom stereocenters. The molecule has 0 aromatic rings. The van der Waals surface area contributed by atoms with Crippen LogP contribution in [0.25, 0.3) is 0 Å². The van der Waals surface area contributed by atoms with Crippen LogP contribution in [-0.4, -0.2) is 10.2 Å². The fourth-order valence-corrected chi connectivity index (χ4v) is 1.21. The molecular weight excluding hydrogens is 166 g/mol. The van der Waals surface area contributed by atoms with E-state index in [-0.39, 0.29) is 11.6 Å². The van der Waals surface area contributed by atoms with Gasteiger partial charge in [-0.1, -0.05) is 26.5 Å². The summed E-state index contributed by atoms with van der Waals surface area (Å²) < 4.78 is 0. The maximum absolute atomic E-state index is 9.47. The van der Waals surface area contributed by atoms with Crippen LogP contribution >= 0.6 is 0 Å². The minimum absolute atomic E-state index is 0.0127. The van der Waals surface area contributed by atoms with Crippen LogP contribution in [-0.2, 0) is 0 Å². The summed E-state index contributed by atoms with van der Waals surface area (Å²) in [7, 11) is 0. The topological polar surface area (TPSA) is 52.5 Å². The molecule has 0 saturated carbocycles. The Morgan fingerprint density at radius 3 is 2.62 bits per heavy atom. The zero-order chi connectivity index (χ0) is 10.0. The first kappa shape index (κ1) is 9.71. The smallest absolute Gasteiger partial charge is 0.195 e. The van der Waals surface area contributed by atoms with Gasteiger partial charge in [-0.15, -0.1) is 0 Å². The number of aliphatic hydroxyl groups excluding tert-OH is 2. The summed E-state index contributed by atoms with van der Waals surface area (Å²) in [5.41, 5.74) is 1.44. The third-order valence-electron chi connectivity index (χ3n) is 2.05. The van der Waals surface area contributed by atoms with E-state index in [4.69, 9.17) is 5.11 Å². The van der Waals surface area contributed by atoms with Crippen molar-refractivity contribution in [3.8, 4) is 0 Å². The molecule has 0 unspecified atom stereocenters. The Kier molecular flexibility index (Phi) is 2.66. The van der Waals surface area contributed by atoms with E-state index >= 15 is 0 Å². The zero-order valence-electron chi connectivity index (χ0n) is 7.96. The monoisotopic (exact) mass is 181 g/mol. The van der Waals surface area contributed by atoms with Gasteiger partial charge in [0.05, 0.1) is 5.57 Å². The van der Waals surface area contributed by atoms with E-state index in [1.807, 2.05) is 19.9 Å². The van der Waals surface area contributed by atoms with E-state index in [0.29, 0.717) is 17.9 Å².